The summed E-state index contributed by atoms with van der Waals surface area (Å²) in [4.78, 5) is 19.3. The Morgan fingerprint density at radius 2 is 2.10 bits per heavy atom. The Morgan fingerprint density at radius 3 is 2.77 bits per heavy atom. The average molecular weight is 433 g/mol. The van der Waals surface area contributed by atoms with Crippen molar-refractivity contribution in [2.75, 3.05) is 18.8 Å². The van der Waals surface area contributed by atoms with Gasteiger partial charge >= 0.3 is 0 Å². The Balaban J connectivity index is 1.50. The molecule has 1 aliphatic heterocycles. The molecule has 4 rings (SSSR count). The number of carbonyl (C=O) groups excluding carboxylic acids is 1. The molecule has 1 N–H and O–H groups in total. The standard InChI is InChI=1S/C21H28N4O4S/c1-3-30(27,28)24-18-11-17-13-25(19(26)10-9-16-7-5-4-6-8-16)14-21(17,12-18)20-22-15(2)23-29-20/h4-8,17-18,24H,3,9-14H2,1-2H3. The number of fused-ring (bicyclic) bond motifs is 1. The van der Waals surface area contributed by atoms with Gasteiger partial charge in [0, 0.05) is 25.6 Å². The monoisotopic (exact) mass is 432 g/mol. The normalized spacial score (nSPS) is 26.1. The fourth-order valence-corrected chi connectivity index (χ4v) is 5.73. The molecule has 1 saturated heterocycles. The fraction of sp³-hybridized carbons (Fsp3) is 0.571. The summed E-state index contributed by atoms with van der Waals surface area (Å²) in [6.45, 7) is 4.46. The van der Waals surface area contributed by atoms with Gasteiger partial charge in [-0.2, -0.15) is 4.98 Å². The van der Waals surface area contributed by atoms with Gasteiger partial charge in [0.2, 0.25) is 21.8 Å². The fourth-order valence-electron chi connectivity index (χ4n) is 4.87. The Bertz CT molecular complexity index is 1010. The van der Waals surface area contributed by atoms with Crippen LogP contribution in [-0.2, 0) is 26.7 Å². The Labute approximate surface area is 177 Å². The van der Waals surface area contributed by atoms with Gasteiger partial charge in [-0.25, -0.2) is 13.1 Å². The number of carbonyl (C=O) groups is 1. The molecule has 8 nitrogen and oxygen atoms in total. The molecule has 3 atom stereocenters. The molecule has 3 unspecified atom stereocenters. The molecule has 1 aliphatic carbocycles. The Morgan fingerprint density at radius 1 is 1.33 bits per heavy atom. The number of benzene rings is 1. The van der Waals surface area contributed by atoms with E-state index < -0.39 is 15.4 Å². The van der Waals surface area contributed by atoms with Crippen molar-refractivity contribution in [2.24, 2.45) is 5.92 Å². The summed E-state index contributed by atoms with van der Waals surface area (Å²) in [6, 6.07) is 9.79. The number of hydrogen-bond donors (Lipinski definition) is 1. The van der Waals surface area contributed by atoms with E-state index in [0.29, 0.717) is 50.5 Å². The minimum atomic E-state index is -3.30. The van der Waals surface area contributed by atoms with Crippen LogP contribution >= 0.6 is 0 Å². The third-order valence-electron chi connectivity index (χ3n) is 6.38. The zero-order valence-electron chi connectivity index (χ0n) is 17.4. The first-order chi connectivity index (χ1) is 14.3. The number of sulfonamides is 1. The highest BCUT2D eigenvalue weighted by atomic mass is 32.2. The lowest BCUT2D eigenvalue weighted by molar-refractivity contribution is -0.130. The molecular formula is C21H28N4O4S. The maximum atomic E-state index is 12.9. The number of aryl methyl sites for hydroxylation is 2. The molecule has 2 fully saturated rings. The number of amides is 1. The molecule has 1 amide bonds. The van der Waals surface area contributed by atoms with Gasteiger partial charge in [0.25, 0.3) is 0 Å². The maximum Gasteiger partial charge on any atom is 0.235 e. The highest BCUT2D eigenvalue weighted by Crippen LogP contribution is 2.50. The summed E-state index contributed by atoms with van der Waals surface area (Å²) in [6.07, 6.45) is 2.36. The summed E-state index contributed by atoms with van der Waals surface area (Å²) < 4.78 is 32.5. The van der Waals surface area contributed by atoms with E-state index in [0.717, 1.165) is 5.56 Å². The molecule has 1 aromatic carbocycles. The van der Waals surface area contributed by atoms with E-state index >= 15 is 0 Å². The quantitative estimate of drug-likeness (QED) is 0.715. The highest BCUT2D eigenvalue weighted by Gasteiger charge is 2.58. The lowest BCUT2D eigenvalue weighted by Crippen LogP contribution is -2.40. The number of rotatable bonds is 7. The van der Waals surface area contributed by atoms with Crippen LogP contribution in [0, 0.1) is 12.8 Å². The number of nitrogens with one attached hydrogen (secondary N) is 1. The SMILES string of the molecule is CCS(=O)(=O)NC1CC2CN(C(=O)CCc3ccccc3)CC2(c2nc(C)no2)C1. The van der Waals surface area contributed by atoms with Crippen LogP contribution in [0.1, 0.15) is 43.5 Å². The van der Waals surface area contributed by atoms with E-state index in [1.807, 2.05) is 35.2 Å². The van der Waals surface area contributed by atoms with Gasteiger partial charge in [0.15, 0.2) is 5.82 Å². The summed E-state index contributed by atoms with van der Waals surface area (Å²) in [5.41, 5.74) is 0.645. The van der Waals surface area contributed by atoms with Crippen molar-refractivity contribution in [1.82, 2.24) is 19.8 Å². The number of hydrogen-bond acceptors (Lipinski definition) is 6. The molecule has 1 saturated carbocycles. The van der Waals surface area contributed by atoms with E-state index in [4.69, 9.17) is 4.52 Å². The molecule has 162 valence electrons. The van der Waals surface area contributed by atoms with Crippen molar-refractivity contribution >= 4 is 15.9 Å². The number of aromatic nitrogens is 2. The molecular weight excluding hydrogens is 404 g/mol. The summed E-state index contributed by atoms with van der Waals surface area (Å²) in [5.74, 6) is 1.30. The van der Waals surface area contributed by atoms with Crippen molar-refractivity contribution in [3.05, 3.63) is 47.6 Å². The molecule has 2 aliphatic rings. The number of nitrogens with zero attached hydrogens (tertiary/aromatic N) is 3. The van der Waals surface area contributed by atoms with Crippen LogP contribution in [0.3, 0.4) is 0 Å². The largest absolute Gasteiger partial charge is 0.341 e. The first kappa shape index (κ1) is 21.0. The van der Waals surface area contributed by atoms with Crippen LogP contribution in [0.5, 0.6) is 0 Å². The minimum Gasteiger partial charge on any atom is -0.341 e. The predicted molar refractivity (Wildman–Crippen MR) is 111 cm³/mol. The third-order valence-corrected chi connectivity index (χ3v) is 7.83. The maximum absolute atomic E-state index is 12.9. The average Bonchev–Trinajstić information content (AvgIpc) is 3.39. The van der Waals surface area contributed by atoms with Gasteiger partial charge < -0.3 is 9.42 Å². The molecule has 2 aromatic rings. The second-order valence-corrected chi connectivity index (χ2v) is 10.5. The van der Waals surface area contributed by atoms with Crippen LogP contribution in [-0.4, -0.2) is 54.2 Å². The van der Waals surface area contributed by atoms with Crippen molar-refractivity contribution in [3.63, 3.8) is 0 Å². The smallest absolute Gasteiger partial charge is 0.235 e. The van der Waals surface area contributed by atoms with Gasteiger partial charge in [-0.15, -0.1) is 0 Å². The lowest BCUT2D eigenvalue weighted by atomic mass is 9.80. The minimum absolute atomic E-state index is 0.0466. The first-order valence-corrected chi connectivity index (χ1v) is 12.1. The van der Waals surface area contributed by atoms with Crippen molar-refractivity contribution in [3.8, 4) is 0 Å². The van der Waals surface area contributed by atoms with Gasteiger partial charge in [-0.1, -0.05) is 35.5 Å². The van der Waals surface area contributed by atoms with Crippen LogP contribution in [0.15, 0.2) is 34.9 Å². The summed E-state index contributed by atoms with van der Waals surface area (Å²) >= 11 is 0. The predicted octanol–water partition coefficient (Wildman–Crippen LogP) is 1.81. The van der Waals surface area contributed by atoms with Crippen LogP contribution in [0.4, 0.5) is 0 Å². The molecule has 0 bridgehead atoms. The van der Waals surface area contributed by atoms with E-state index in [2.05, 4.69) is 14.9 Å². The van der Waals surface area contributed by atoms with E-state index in [1.165, 1.54) is 0 Å². The molecule has 30 heavy (non-hydrogen) atoms. The van der Waals surface area contributed by atoms with Crippen molar-refractivity contribution in [1.29, 1.82) is 0 Å². The first-order valence-electron chi connectivity index (χ1n) is 10.4. The van der Waals surface area contributed by atoms with Crippen LogP contribution in [0.25, 0.3) is 0 Å². The topological polar surface area (TPSA) is 105 Å². The van der Waals surface area contributed by atoms with Crippen molar-refractivity contribution < 1.29 is 17.7 Å². The molecule has 0 spiro atoms. The van der Waals surface area contributed by atoms with E-state index in [9.17, 15) is 13.2 Å². The third kappa shape index (κ3) is 4.13. The zero-order chi connectivity index (χ0) is 21.4. The summed E-state index contributed by atoms with van der Waals surface area (Å²) in [7, 11) is -3.30. The lowest BCUT2D eigenvalue weighted by Gasteiger charge is -2.25. The molecule has 0 radical (unpaired) electrons. The van der Waals surface area contributed by atoms with E-state index in [1.54, 1.807) is 13.8 Å². The number of likely N-dealkylation sites (tertiary alicyclic amines) is 1. The zero-order valence-corrected chi connectivity index (χ0v) is 18.2. The summed E-state index contributed by atoms with van der Waals surface area (Å²) in [5, 5.41) is 3.95. The second-order valence-electron chi connectivity index (χ2n) is 8.42. The molecule has 1 aromatic heterocycles. The van der Waals surface area contributed by atoms with Crippen molar-refractivity contribution in [2.45, 2.75) is 51.0 Å². The molecule has 9 heteroatoms. The van der Waals surface area contributed by atoms with Gasteiger partial charge in [-0.3, -0.25) is 4.79 Å². The highest BCUT2D eigenvalue weighted by molar-refractivity contribution is 7.89. The second kappa shape index (κ2) is 8.11. The molecule has 2 heterocycles. The van der Waals surface area contributed by atoms with Gasteiger partial charge in [0.1, 0.15) is 0 Å². The van der Waals surface area contributed by atoms with Gasteiger partial charge in [0.05, 0.1) is 11.2 Å². The van der Waals surface area contributed by atoms with Gasteiger partial charge in [-0.05, 0) is 44.6 Å². The Kier molecular flexibility index (Phi) is 5.67. The van der Waals surface area contributed by atoms with Crippen LogP contribution in [0.2, 0.25) is 0 Å². The van der Waals surface area contributed by atoms with Crippen LogP contribution < -0.4 is 4.72 Å². The van der Waals surface area contributed by atoms with E-state index in [-0.39, 0.29) is 23.6 Å². The Hall–Kier alpha value is -2.26.